The van der Waals surface area contributed by atoms with Crippen molar-refractivity contribution >= 4 is 65.6 Å². The molecule has 0 fully saturated rings. The van der Waals surface area contributed by atoms with Gasteiger partial charge in [-0.2, -0.15) is 0 Å². The van der Waals surface area contributed by atoms with E-state index in [0.717, 1.165) is 49.4 Å². The second-order valence-corrected chi connectivity index (χ2v) is 13.9. The van der Waals surface area contributed by atoms with Gasteiger partial charge in [0.1, 0.15) is 11.2 Å². The highest BCUT2D eigenvalue weighted by Crippen LogP contribution is 2.39. The molecule has 4 heterocycles. The van der Waals surface area contributed by atoms with E-state index in [1.807, 2.05) is 109 Å². The third-order valence-electron chi connectivity index (χ3n) is 10.8. The highest BCUT2D eigenvalue weighted by molar-refractivity contribution is 6.11. The van der Waals surface area contributed by atoms with Gasteiger partial charge in [0.2, 0.25) is 0 Å². The van der Waals surface area contributed by atoms with Crippen LogP contribution in [0.25, 0.3) is 111 Å². The van der Waals surface area contributed by atoms with Crippen molar-refractivity contribution in [2.45, 2.75) is 0 Å². The van der Waals surface area contributed by atoms with Gasteiger partial charge in [0.25, 0.3) is 0 Å². The van der Waals surface area contributed by atoms with E-state index in [2.05, 4.69) is 34.9 Å². The van der Waals surface area contributed by atoms with Crippen LogP contribution in [0.5, 0.6) is 0 Å². The molecule has 6 nitrogen and oxygen atoms in total. The van der Waals surface area contributed by atoms with Crippen molar-refractivity contribution in [3.05, 3.63) is 188 Å². The summed E-state index contributed by atoms with van der Waals surface area (Å²) in [6, 6.07) is 47.7. The highest BCUT2D eigenvalue weighted by Gasteiger charge is 2.22. The fourth-order valence-corrected chi connectivity index (χ4v) is 8.26. The number of hydrogen-bond donors (Lipinski definition) is 0. The third-order valence-corrected chi connectivity index (χ3v) is 10.8. The molecule has 266 valence electrons. The Morgan fingerprint density at radius 3 is 1.51 bits per heavy atom. The molecule has 0 bridgehead atoms. The second-order valence-electron chi connectivity index (χ2n) is 13.9. The first-order valence-corrected chi connectivity index (χ1v) is 18.6. The van der Waals surface area contributed by atoms with Crippen molar-refractivity contribution in [3.8, 4) is 45.5 Å². The third kappa shape index (κ3) is 4.81. The number of furan rings is 1. The Morgan fingerprint density at radius 2 is 0.877 bits per heavy atom. The van der Waals surface area contributed by atoms with E-state index in [1.54, 1.807) is 4.57 Å². The minimum atomic E-state index is -0.187. The maximum Gasteiger partial charge on any atom is 0.166 e. The zero-order valence-corrected chi connectivity index (χ0v) is 30.1. The van der Waals surface area contributed by atoms with Crippen molar-refractivity contribution in [1.29, 1.82) is 0 Å². The summed E-state index contributed by atoms with van der Waals surface area (Å²) in [6.45, 7) is 0. The van der Waals surface area contributed by atoms with Crippen LogP contribution >= 0.6 is 0 Å². The van der Waals surface area contributed by atoms with Crippen LogP contribution in [0, 0.1) is 0 Å². The van der Waals surface area contributed by atoms with Crippen molar-refractivity contribution in [2.75, 3.05) is 0 Å². The smallest absolute Gasteiger partial charge is 0.166 e. The lowest BCUT2D eigenvalue weighted by molar-refractivity contribution is 0.669. The molecule has 0 amide bonds. The van der Waals surface area contributed by atoms with Crippen molar-refractivity contribution in [1.82, 2.24) is 24.1 Å². The molecule has 0 radical (unpaired) electrons. The molecule has 0 atom stereocenters. The van der Waals surface area contributed by atoms with Crippen LogP contribution < -0.4 is 0 Å². The molecular formula is C51H31N5O. The molecule has 8 aromatic carbocycles. The van der Waals surface area contributed by atoms with Crippen LogP contribution in [0.15, 0.2) is 192 Å². The molecule has 4 aromatic heterocycles. The van der Waals surface area contributed by atoms with Gasteiger partial charge < -0.3 is 13.6 Å². The maximum absolute atomic E-state index is 9.15. The van der Waals surface area contributed by atoms with Crippen LogP contribution in [-0.4, -0.2) is 24.1 Å². The summed E-state index contributed by atoms with van der Waals surface area (Å²) >= 11 is 0. The molecule has 12 aromatic rings. The lowest BCUT2D eigenvalue weighted by atomic mass is 10.1. The van der Waals surface area contributed by atoms with Crippen molar-refractivity contribution in [3.63, 3.8) is 0 Å². The lowest BCUT2D eigenvalue weighted by Gasteiger charge is -2.16. The molecule has 0 N–H and O–H groups in total. The number of benzene rings is 8. The first kappa shape index (κ1) is 26.1. The van der Waals surface area contributed by atoms with E-state index in [1.165, 1.54) is 12.1 Å². The minimum absolute atomic E-state index is 0.0569. The van der Waals surface area contributed by atoms with Crippen LogP contribution in [0.3, 0.4) is 0 Å². The van der Waals surface area contributed by atoms with E-state index in [9.17, 15) is 0 Å². The number of nitrogens with zero attached hydrogens (tertiary/aromatic N) is 5. The quantitative estimate of drug-likeness (QED) is 0.177. The molecule has 0 aliphatic carbocycles. The molecule has 0 aliphatic heterocycles. The van der Waals surface area contributed by atoms with E-state index < -0.39 is 0 Å². The zero-order chi connectivity index (χ0) is 42.7. The Morgan fingerprint density at radius 1 is 0.386 bits per heavy atom. The topological polar surface area (TPSA) is 61.7 Å². The monoisotopic (exact) mass is 735 g/mol. The van der Waals surface area contributed by atoms with Gasteiger partial charge in [0.05, 0.1) is 41.7 Å². The van der Waals surface area contributed by atoms with Gasteiger partial charge in [0.15, 0.2) is 17.5 Å². The SMILES string of the molecule is [2H]c1cc([2H])c2c(c1[2H])c1c([2H])c([2H])cc([2H])c1n2-c1ccccc1-c1nc(-c2ccc3c(c2)oc2ccccc23)nc(-c2ccccc2-n2c3ccccc3c3ccccc32)n1. The summed E-state index contributed by atoms with van der Waals surface area (Å²) < 4.78 is 63.6. The van der Waals surface area contributed by atoms with Gasteiger partial charge in [-0.05, 0) is 66.7 Å². The van der Waals surface area contributed by atoms with E-state index in [4.69, 9.17) is 27.6 Å². The Balaban J connectivity index is 1.16. The Hall–Kier alpha value is -7.83. The Kier molecular flexibility index (Phi) is 5.64. The normalized spacial score (nSPS) is 13.3. The Labute approximate surface area is 335 Å². The number of hydrogen-bond acceptors (Lipinski definition) is 4. The maximum atomic E-state index is 9.15. The minimum Gasteiger partial charge on any atom is -0.456 e. The molecule has 57 heavy (non-hydrogen) atoms. The van der Waals surface area contributed by atoms with Crippen LogP contribution in [0.4, 0.5) is 0 Å². The van der Waals surface area contributed by atoms with Gasteiger partial charge in [-0.1, -0.05) is 121 Å². The average Bonchev–Trinajstić information content (AvgIpc) is 3.98. The fourth-order valence-electron chi connectivity index (χ4n) is 8.26. The molecule has 0 spiro atoms. The Bertz CT molecular complexity index is 3780. The number of fused-ring (bicyclic) bond motifs is 9. The lowest BCUT2D eigenvalue weighted by Crippen LogP contribution is -2.05. The number of para-hydroxylation sites is 7. The molecule has 12 rings (SSSR count). The highest BCUT2D eigenvalue weighted by atomic mass is 16.3. The molecule has 0 saturated carbocycles. The molecule has 0 unspecified atom stereocenters. The zero-order valence-electron chi connectivity index (χ0n) is 36.1. The predicted molar refractivity (Wildman–Crippen MR) is 232 cm³/mol. The first-order chi connectivity index (χ1) is 30.7. The summed E-state index contributed by atoms with van der Waals surface area (Å²) in [5.74, 6) is 1.08. The first-order valence-electron chi connectivity index (χ1n) is 21.6. The fraction of sp³-hybridized carbons (Fsp3) is 0. The van der Waals surface area contributed by atoms with Crippen LogP contribution in [-0.2, 0) is 0 Å². The summed E-state index contributed by atoms with van der Waals surface area (Å²) in [5.41, 5.74) is 7.31. The number of aromatic nitrogens is 5. The van der Waals surface area contributed by atoms with Gasteiger partial charge in [-0.15, -0.1) is 0 Å². The van der Waals surface area contributed by atoms with Crippen molar-refractivity contribution < 1.29 is 12.6 Å². The largest absolute Gasteiger partial charge is 0.456 e. The summed E-state index contributed by atoms with van der Waals surface area (Å²) in [4.78, 5) is 15.7. The van der Waals surface area contributed by atoms with Gasteiger partial charge in [0, 0.05) is 49.0 Å². The van der Waals surface area contributed by atoms with Gasteiger partial charge in [-0.25, -0.2) is 15.0 Å². The summed E-state index contributed by atoms with van der Waals surface area (Å²) in [7, 11) is 0. The van der Waals surface area contributed by atoms with E-state index in [-0.39, 0.29) is 58.1 Å². The summed E-state index contributed by atoms with van der Waals surface area (Å²) in [6.07, 6.45) is 0. The van der Waals surface area contributed by atoms with E-state index in [0.29, 0.717) is 39.9 Å². The predicted octanol–water partition coefficient (Wildman–Crippen LogP) is 13.0. The average molecular weight is 736 g/mol. The van der Waals surface area contributed by atoms with Gasteiger partial charge in [-0.3, -0.25) is 0 Å². The number of rotatable bonds is 5. The van der Waals surface area contributed by atoms with Crippen LogP contribution in [0.1, 0.15) is 8.22 Å². The van der Waals surface area contributed by atoms with Gasteiger partial charge >= 0.3 is 0 Å². The van der Waals surface area contributed by atoms with Crippen molar-refractivity contribution in [2.24, 2.45) is 0 Å². The van der Waals surface area contributed by atoms with E-state index >= 15 is 0 Å². The molecular weight excluding hydrogens is 699 g/mol. The van der Waals surface area contributed by atoms with Crippen LogP contribution in [0.2, 0.25) is 0 Å². The summed E-state index contributed by atoms with van der Waals surface area (Å²) in [5, 5.41) is 4.53. The molecule has 0 aliphatic rings. The standard InChI is InChI=1S/C51H31N5O/c1-8-22-41-33(15-1)34-16-2-9-23-42(34)55(41)45-26-12-5-20-39(45)50-52-49(32-29-30-38-37-19-7-14-28-47(37)57-48(38)31-32)53-51(54-50)40-21-6-13-27-46(40)56-43-24-10-3-17-35(43)36-18-4-11-25-44(36)56/h1-31H/i1D,2D,15D,16D,22D,23D. The second kappa shape index (κ2) is 12.3. The molecule has 6 heteroatoms. The molecule has 0 saturated heterocycles.